The lowest BCUT2D eigenvalue weighted by Crippen LogP contribution is -2.34. The molecule has 2 rings (SSSR count). The number of carbonyl (C=O) groups is 1. The van der Waals surface area contributed by atoms with Crippen LogP contribution in [0.3, 0.4) is 0 Å². The Morgan fingerprint density at radius 3 is 2.61 bits per heavy atom. The summed E-state index contributed by atoms with van der Waals surface area (Å²) in [5.74, 6) is 0.0433. The molecule has 1 saturated heterocycles. The Kier molecular flexibility index (Phi) is 4.65. The molecule has 0 spiro atoms. The number of rotatable bonds is 4. The molecule has 0 amide bonds. The number of aliphatic imine (C=N–C) groups is 1. The molecule has 0 aromatic heterocycles. The number of nitrogens with zero attached hydrogens (tertiary/aromatic N) is 2. The van der Waals surface area contributed by atoms with Crippen molar-refractivity contribution >= 4 is 12.0 Å². The van der Waals surface area contributed by atoms with Gasteiger partial charge in [0.1, 0.15) is 0 Å². The van der Waals surface area contributed by atoms with E-state index in [-0.39, 0.29) is 5.78 Å². The molecular weight excluding hydrogens is 224 g/mol. The van der Waals surface area contributed by atoms with Crippen molar-refractivity contribution in [3.8, 4) is 0 Å². The highest BCUT2D eigenvalue weighted by molar-refractivity contribution is 6.26. The van der Waals surface area contributed by atoms with Crippen LogP contribution in [-0.2, 0) is 11.3 Å². The lowest BCUT2D eigenvalue weighted by Gasteiger charge is -2.30. The normalized spacial score (nSPS) is 18.3. The van der Waals surface area contributed by atoms with Crippen LogP contribution in [0.1, 0.15) is 25.3 Å². The van der Waals surface area contributed by atoms with E-state index in [1.54, 1.807) is 6.92 Å². The molecule has 1 fully saturated rings. The molecule has 1 aliphatic rings. The van der Waals surface area contributed by atoms with Crippen LogP contribution in [-0.4, -0.2) is 36.0 Å². The van der Waals surface area contributed by atoms with E-state index in [1.807, 2.05) is 6.07 Å². The third-order valence-electron chi connectivity index (χ3n) is 3.27. The zero-order valence-electron chi connectivity index (χ0n) is 10.9. The molecule has 0 N–H and O–H groups in total. The highest BCUT2D eigenvalue weighted by Gasteiger charge is 2.17. The lowest BCUT2D eigenvalue weighted by molar-refractivity contribution is -0.110. The second-order valence-corrected chi connectivity index (χ2v) is 4.88. The van der Waals surface area contributed by atoms with Gasteiger partial charge >= 0.3 is 0 Å². The topological polar surface area (TPSA) is 32.7 Å². The highest BCUT2D eigenvalue weighted by atomic mass is 16.1. The van der Waals surface area contributed by atoms with E-state index in [4.69, 9.17) is 0 Å². The van der Waals surface area contributed by atoms with Crippen molar-refractivity contribution in [1.29, 1.82) is 0 Å². The standard InChI is InChI=1S/C15H20N2O/c1-13(18)11-16-15-7-9-17(10-8-15)12-14-5-3-2-4-6-14/h2-6,11,15H,7-10,12H2,1H3. The van der Waals surface area contributed by atoms with Gasteiger partial charge in [-0.2, -0.15) is 0 Å². The Balaban J connectivity index is 1.78. The van der Waals surface area contributed by atoms with Crippen LogP contribution in [0.5, 0.6) is 0 Å². The predicted octanol–water partition coefficient (Wildman–Crippen LogP) is 2.31. The summed E-state index contributed by atoms with van der Waals surface area (Å²) in [4.78, 5) is 17.6. The summed E-state index contributed by atoms with van der Waals surface area (Å²) >= 11 is 0. The summed E-state index contributed by atoms with van der Waals surface area (Å²) in [6, 6.07) is 10.9. The van der Waals surface area contributed by atoms with Gasteiger partial charge in [0.25, 0.3) is 0 Å². The van der Waals surface area contributed by atoms with Gasteiger partial charge in [-0.3, -0.25) is 14.7 Å². The molecule has 3 nitrogen and oxygen atoms in total. The zero-order chi connectivity index (χ0) is 12.8. The largest absolute Gasteiger partial charge is 0.299 e. The van der Waals surface area contributed by atoms with Crippen molar-refractivity contribution < 1.29 is 4.79 Å². The first-order valence-electron chi connectivity index (χ1n) is 6.54. The first-order chi connectivity index (χ1) is 8.74. The molecule has 0 bridgehead atoms. The number of likely N-dealkylation sites (tertiary alicyclic amines) is 1. The zero-order valence-corrected chi connectivity index (χ0v) is 10.9. The molecule has 0 aliphatic carbocycles. The number of carbonyl (C=O) groups excluding carboxylic acids is 1. The third kappa shape index (κ3) is 4.08. The fraction of sp³-hybridized carbons (Fsp3) is 0.467. The van der Waals surface area contributed by atoms with Crippen molar-refractivity contribution in [2.45, 2.75) is 32.4 Å². The summed E-state index contributed by atoms with van der Waals surface area (Å²) in [6.07, 6.45) is 3.57. The van der Waals surface area contributed by atoms with Crippen molar-refractivity contribution in [2.24, 2.45) is 4.99 Å². The molecule has 0 atom stereocenters. The Morgan fingerprint density at radius 1 is 1.33 bits per heavy atom. The van der Waals surface area contributed by atoms with E-state index in [1.165, 1.54) is 11.8 Å². The van der Waals surface area contributed by atoms with Gasteiger partial charge in [-0.15, -0.1) is 0 Å². The second-order valence-electron chi connectivity index (χ2n) is 4.88. The fourth-order valence-corrected chi connectivity index (χ4v) is 2.28. The molecule has 1 aromatic carbocycles. The van der Waals surface area contributed by atoms with Gasteiger partial charge in [-0.1, -0.05) is 30.3 Å². The number of hydrogen-bond acceptors (Lipinski definition) is 3. The van der Waals surface area contributed by atoms with Crippen LogP contribution in [0.25, 0.3) is 0 Å². The SMILES string of the molecule is CC(=O)C=NC1CCN(Cc2ccccc2)CC1. The minimum Gasteiger partial charge on any atom is -0.299 e. The minimum atomic E-state index is 0.0433. The predicted molar refractivity (Wildman–Crippen MR) is 73.9 cm³/mol. The molecule has 0 radical (unpaired) electrons. The lowest BCUT2D eigenvalue weighted by atomic mass is 10.0. The first kappa shape index (κ1) is 13.0. The summed E-state index contributed by atoms with van der Waals surface area (Å²) in [5.41, 5.74) is 1.36. The average Bonchev–Trinajstić information content (AvgIpc) is 2.39. The van der Waals surface area contributed by atoms with Gasteiger partial charge in [0.15, 0.2) is 5.78 Å². The van der Waals surface area contributed by atoms with Gasteiger partial charge in [0.2, 0.25) is 0 Å². The number of hydrogen-bond donors (Lipinski definition) is 0. The van der Waals surface area contributed by atoms with Crippen LogP contribution < -0.4 is 0 Å². The Labute approximate surface area is 109 Å². The van der Waals surface area contributed by atoms with E-state index in [0.717, 1.165) is 32.5 Å². The number of ketones is 1. The molecule has 0 saturated carbocycles. The van der Waals surface area contributed by atoms with E-state index >= 15 is 0 Å². The second kappa shape index (κ2) is 6.45. The van der Waals surface area contributed by atoms with Gasteiger partial charge in [0, 0.05) is 26.6 Å². The van der Waals surface area contributed by atoms with Crippen molar-refractivity contribution in [3.05, 3.63) is 35.9 Å². The average molecular weight is 244 g/mol. The smallest absolute Gasteiger partial charge is 0.170 e. The van der Waals surface area contributed by atoms with Crippen LogP contribution in [0.2, 0.25) is 0 Å². The van der Waals surface area contributed by atoms with Crippen molar-refractivity contribution in [2.75, 3.05) is 13.1 Å². The molecule has 3 heteroatoms. The molecule has 96 valence electrons. The molecule has 1 heterocycles. The fourth-order valence-electron chi connectivity index (χ4n) is 2.28. The Bertz CT molecular complexity index is 406. The maximum atomic E-state index is 10.8. The van der Waals surface area contributed by atoms with E-state index in [0.29, 0.717) is 6.04 Å². The Hall–Kier alpha value is -1.48. The summed E-state index contributed by atoms with van der Waals surface area (Å²) in [5, 5.41) is 0. The van der Waals surface area contributed by atoms with Crippen molar-refractivity contribution in [3.63, 3.8) is 0 Å². The maximum absolute atomic E-state index is 10.8. The molecule has 1 aromatic rings. The quantitative estimate of drug-likeness (QED) is 0.761. The first-order valence-corrected chi connectivity index (χ1v) is 6.54. The van der Waals surface area contributed by atoms with Crippen LogP contribution >= 0.6 is 0 Å². The summed E-state index contributed by atoms with van der Waals surface area (Å²) in [7, 11) is 0. The number of benzene rings is 1. The van der Waals surface area contributed by atoms with Gasteiger partial charge in [-0.05, 0) is 18.4 Å². The molecule has 0 unspecified atom stereocenters. The Morgan fingerprint density at radius 2 is 2.00 bits per heavy atom. The van der Waals surface area contributed by atoms with Gasteiger partial charge in [0.05, 0.1) is 12.3 Å². The van der Waals surface area contributed by atoms with Crippen molar-refractivity contribution in [1.82, 2.24) is 4.90 Å². The molecule has 1 aliphatic heterocycles. The highest BCUT2D eigenvalue weighted by Crippen LogP contribution is 2.15. The third-order valence-corrected chi connectivity index (χ3v) is 3.27. The number of piperidine rings is 1. The minimum absolute atomic E-state index is 0.0433. The van der Waals surface area contributed by atoms with Gasteiger partial charge in [-0.25, -0.2) is 0 Å². The summed E-state index contributed by atoms with van der Waals surface area (Å²) in [6.45, 7) is 4.70. The van der Waals surface area contributed by atoms with E-state index in [2.05, 4.69) is 34.2 Å². The van der Waals surface area contributed by atoms with E-state index in [9.17, 15) is 4.79 Å². The van der Waals surface area contributed by atoms with Gasteiger partial charge < -0.3 is 0 Å². The van der Waals surface area contributed by atoms with Crippen LogP contribution in [0.15, 0.2) is 35.3 Å². The van der Waals surface area contributed by atoms with Crippen LogP contribution in [0, 0.1) is 0 Å². The van der Waals surface area contributed by atoms with Crippen LogP contribution in [0.4, 0.5) is 0 Å². The maximum Gasteiger partial charge on any atom is 0.170 e. The number of Topliss-reactive ketones (excluding diaryl/α,β-unsaturated/α-hetero) is 1. The summed E-state index contributed by atoms with van der Waals surface area (Å²) < 4.78 is 0. The molecular formula is C15H20N2O. The van der Waals surface area contributed by atoms with E-state index < -0.39 is 0 Å². The molecule has 18 heavy (non-hydrogen) atoms. The monoisotopic (exact) mass is 244 g/mol.